The summed E-state index contributed by atoms with van der Waals surface area (Å²) < 4.78 is 0. The number of nitrogens with one attached hydrogen (secondary N) is 1. The number of anilines is 1. The Hall–Kier alpha value is -0.880. The van der Waals surface area contributed by atoms with E-state index in [1.165, 1.54) is 12.8 Å². The van der Waals surface area contributed by atoms with Crippen molar-refractivity contribution in [3.05, 3.63) is 16.8 Å². The fourth-order valence-corrected chi connectivity index (χ4v) is 4.03. The van der Waals surface area contributed by atoms with Gasteiger partial charge in [-0.05, 0) is 43.9 Å². The Morgan fingerprint density at radius 1 is 1.33 bits per heavy atom. The van der Waals surface area contributed by atoms with Crippen molar-refractivity contribution < 1.29 is 0 Å². The highest BCUT2D eigenvalue weighted by Crippen LogP contribution is 2.31. The highest BCUT2D eigenvalue weighted by molar-refractivity contribution is 7.99. The largest absolute Gasteiger partial charge is 0.389 e. The van der Waals surface area contributed by atoms with E-state index in [1.54, 1.807) is 0 Å². The SMILES string of the molecule is CCc1nnc(NC2CCC(SC)C2)c(C(N)=S)c1CC. The molecule has 2 unspecified atom stereocenters. The van der Waals surface area contributed by atoms with Crippen LogP contribution in [0.3, 0.4) is 0 Å². The first-order valence-electron chi connectivity index (χ1n) is 7.58. The van der Waals surface area contributed by atoms with Gasteiger partial charge in [0.05, 0.1) is 11.3 Å². The summed E-state index contributed by atoms with van der Waals surface area (Å²) >= 11 is 7.21. The first kappa shape index (κ1) is 16.5. The summed E-state index contributed by atoms with van der Waals surface area (Å²) in [5.41, 5.74) is 9.00. The molecule has 2 rings (SSSR count). The molecule has 1 aromatic rings. The van der Waals surface area contributed by atoms with Crippen LogP contribution >= 0.6 is 24.0 Å². The van der Waals surface area contributed by atoms with Crippen LogP contribution in [0.5, 0.6) is 0 Å². The second kappa shape index (κ2) is 7.40. The fourth-order valence-electron chi connectivity index (χ4n) is 3.02. The predicted octanol–water partition coefficient (Wildman–Crippen LogP) is 2.93. The number of hydrogen-bond acceptors (Lipinski definition) is 5. The minimum Gasteiger partial charge on any atom is -0.389 e. The van der Waals surface area contributed by atoms with Gasteiger partial charge in [-0.2, -0.15) is 16.9 Å². The van der Waals surface area contributed by atoms with Crippen LogP contribution in [0.25, 0.3) is 0 Å². The Kier molecular flexibility index (Phi) is 5.81. The van der Waals surface area contributed by atoms with Gasteiger partial charge >= 0.3 is 0 Å². The Morgan fingerprint density at radius 2 is 2.10 bits per heavy atom. The van der Waals surface area contributed by atoms with Crippen molar-refractivity contribution in [1.82, 2.24) is 10.2 Å². The minimum atomic E-state index is 0.415. The Labute approximate surface area is 136 Å². The summed E-state index contributed by atoms with van der Waals surface area (Å²) in [5.74, 6) is 0.767. The van der Waals surface area contributed by atoms with Gasteiger partial charge in [-0.15, -0.1) is 5.10 Å². The molecule has 1 heterocycles. The molecule has 1 fully saturated rings. The lowest BCUT2D eigenvalue weighted by Gasteiger charge is -2.19. The van der Waals surface area contributed by atoms with Crippen LogP contribution in [0.4, 0.5) is 5.82 Å². The van der Waals surface area contributed by atoms with Crippen molar-refractivity contribution >= 4 is 34.8 Å². The fraction of sp³-hybridized carbons (Fsp3) is 0.667. The second-order valence-electron chi connectivity index (χ2n) is 5.43. The standard InChI is InChI=1S/C15H24N4S2/c1-4-11-12(5-2)18-19-15(13(11)14(16)20)17-9-6-7-10(8-9)21-3/h9-10H,4-8H2,1-3H3,(H2,16,20)(H,17,19). The second-order valence-corrected chi connectivity index (χ2v) is 7.01. The Morgan fingerprint density at radius 3 is 2.62 bits per heavy atom. The molecule has 0 bridgehead atoms. The van der Waals surface area contributed by atoms with E-state index in [2.05, 4.69) is 35.6 Å². The normalized spacial score (nSPS) is 21.5. The van der Waals surface area contributed by atoms with E-state index in [0.717, 1.165) is 47.2 Å². The maximum absolute atomic E-state index is 5.96. The van der Waals surface area contributed by atoms with E-state index in [4.69, 9.17) is 18.0 Å². The Bertz CT molecular complexity index is 519. The van der Waals surface area contributed by atoms with Crippen molar-refractivity contribution in [3.63, 3.8) is 0 Å². The van der Waals surface area contributed by atoms with Gasteiger partial charge in [-0.1, -0.05) is 26.1 Å². The molecule has 1 aliphatic rings. The van der Waals surface area contributed by atoms with Gasteiger partial charge in [0, 0.05) is 11.3 Å². The molecule has 2 atom stereocenters. The molecule has 4 nitrogen and oxygen atoms in total. The summed E-state index contributed by atoms with van der Waals surface area (Å²) in [5, 5.41) is 13.0. The number of nitrogens with two attached hydrogens (primary N) is 1. The van der Waals surface area contributed by atoms with Gasteiger partial charge in [-0.3, -0.25) is 0 Å². The van der Waals surface area contributed by atoms with Gasteiger partial charge in [0.2, 0.25) is 0 Å². The van der Waals surface area contributed by atoms with Crippen molar-refractivity contribution in [2.45, 2.75) is 57.2 Å². The molecule has 1 aliphatic carbocycles. The third kappa shape index (κ3) is 3.66. The molecule has 21 heavy (non-hydrogen) atoms. The van der Waals surface area contributed by atoms with E-state index in [0.29, 0.717) is 11.0 Å². The molecule has 0 aromatic carbocycles. The average Bonchev–Trinajstić information content (AvgIpc) is 2.93. The van der Waals surface area contributed by atoms with Crippen LogP contribution in [0.1, 0.15) is 49.9 Å². The third-order valence-corrected chi connectivity index (χ3v) is 5.45. The van der Waals surface area contributed by atoms with E-state index >= 15 is 0 Å². The first-order valence-corrected chi connectivity index (χ1v) is 9.27. The topological polar surface area (TPSA) is 63.8 Å². The van der Waals surface area contributed by atoms with E-state index in [-0.39, 0.29) is 0 Å². The predicted molar refractivity (Wildman–Crippen MR) is 95.2 cm³/mol. The Balaban J connectivity index is 2.29. The summed E-state index contributed by atoms with van der Waals surface area (Å²) in [6.07, 6.45) is 7.49. The smallest absolute Gasteiger partial charge is 0.159 e. The van der Waals surface area contributed by atoms with Crippen molar-refractivity contribution in [1.29, 1.82) is 0 Å². The number of aryl methyl sites for hydroxylation is 1. The highest BCUT2D eigenvalue weighted by Gasteiger charge is 2.26. The summed E-state index contributed by atoms with van der Waals surface area (Å²) in [6, 6.07) is 0.446. The third-order valence-electron chi connectivity index (χ3n) is 4.15. The number of thiocarbonyl (C=S) groups is 1. The minimum absolute atomic E-state index is 0.415. The number of thioether (sulfide) groups is 1. The van der Waals surface area contributed by atoms with Gasteiger partial charge < -0.3 is 11.1 Å². The van der Waals surface area contributed by atoms with Crippen LogP contribution in [0.15, 0.2) is 0 Å². The van der Waals surface area contributed by atoms with Crippen LogP contribution in [0.2, 0.25) is 0 Å². The van der Waals surface area contributed by atoms with Gasteiger partial charge in [-0.25, -0.2) is 0 Å². The molecule has 0 spiro atoms. The summed E-state index contributed by atoms with van der Waals surface area (Å²) in [6.45, 7) is 4.20. The van der Waals surface area contributed by atoms with Crippen LogP contribution in [0, 0.1) is 0 Å². The molecular formula is C15H24N4S2. The van der Waals surface area contributed by atoms with E-state index in [1.807, 2.05) is 11.8 Å². The number of nitrogens with zero attached hydrogens (tertiary/aromatic N) is 2. The van der Waals surface area contributed by atoms with Crippen molar-refractivity contribution in [2.75, 3.05) is 11.6 Å². The highest BCUT2D eigenvalue weighted by atomic mass is 32.2. The molecule has 3 N–H and O–H groups in total. The van der Waals surface area contributed by atoms with Crippen LogP contribution in [-0.2, 0) is 12.8 Å². The zero-order chi connectivity index (χ0) is 15.4. The lowest BCUT2D eigenvalue weighted by atomic mass is 10.0. The summed E-state index contributed by atoms with van der Waals surface area (Å²) in [4.78, 5) is 0.415. The molecule has 0 radical (unpaired) electrons. The van der Waals surface area contributed by atoms with Gasteiger partial charge in [0.1, 0.15) is 4.99 Å². The lowest BCUT2D eigenvalue weighted by molar-refractivity contribution is 0.742. The van der Waals surface area contributed by atoms with E-state index < -0.39 is 0 Å². The molecule has 0 saturated heterocycles. The molecule has 0 aliphatic heterocycles. The molecule has 1 saturated carbocycles. The van der Waals surface area contributed by atoms with Crippen molar-refractivity contribution in [3.8, 4) is 0 Å². The van der Waals surface area contributed by atoms with Crippen molar-refractivity contribution in [2.24, 2.45) is 5.73 Å². The summed E-state index contributed by atoms with van der Waals surface area (Å²) in [7, 11) is 0. The van der Waals surface area contributed by atoms with E-state index in [9.17, 15) is 0 Å². The maximum Gasteiger partial charge on any atom is 0.159 e. The first-order chi connectivity index (χ1) is 10.1. The molecule has 1 aromatic heterocycles. The average molecular weight is 325 g/mol. The molecular weight excluding hydrogens is 300 g/mol. The number of rotatable bonds is 6. The zero-order valence-corrected chi connectivity index (χ0v) is 14.6. The van der Waals surface area contributed by atoms with Crippen LogP contribution < -0.4 is 11.1 Å². The number of aromatic nitrogens is 2. The maximum atomic E-state index is 5.96. The van der Waals surface area contributed by atoms with Gasteiger partial charge in [0.15, 0.2) is 5.82 Å². The van der Waals surface area contributed by atoms with Gasteiger partial charge in [0.25, 0.3) is 0 Å². The molecule has 116 valence electrons. The number of hydrogen-bond donors (Lipinski definition) is 2. The van der Waals surface area contributed by atoms with Crippen LogP contribution in [-0.4, -0.2) is 32.7 Å². The zero-order valence-electron chi connectivity index (χ0n) is 13.0. The molecule has 6 heteroatoms. The molecule has 0 amide bonds. The lowest BCUT2D eigenvalue weighted by Crippen LogP contribution is -2.24. The monoisotopic (exact) mass is 324 g/mol. The quantitative estimate of drug-likeness (QED) is 0.785.